The Morgan fingerprint density at radius 3 is 2.23 bits per heavy atom. The summed E-state index contributed by atoms with van der Waals surface area (Å²) >= 11 is 6.70. The monoisotopic (exact) mass is 442 g/mol. The summed E-state index contributed by atoms with van der Waals surface area (Å²) in [5.41, 5.74) is 4.06. The summed E-state index contributed by atoms with van der Waals surface area (Å²) in [6.45, 7) is 1.49. The van der Waals surface area contributed by atoms with Crippen LogP contribution in [0, 0.1) is 0 Å². The molecule has 0 amide bonds. The number of para-hydroxylation sites is 1. The number of nitrogens with zero attached hydrogens (tertiary/aromatic N) is 2. The predicted octanol–water partition coefficient (Wildman–Crippen LogP) is 6.50. The molecule has 0 aliphatic heterocycles. The van der Waals surface area contributed by atoms with E-state index in [1.807, 2.05) is 6.07 Å². The molecule has 0 bridgehead atoms. The highest BCUT2D eigenvalue weighted by Crippen LogP contribution is 2.36. The second-order valence-corrected chi connectivity index (χ2v) is 10.7. The van der Waals surface area contributed by atoms with Gasteiger partial charge >= 0.3 is 0 Å². The number of benzene rings is 1. The van der Waals surface area contributed by atoms with Gasteiger partial charge in [0, 0.05) is 29.7 Å². The van der Waals surface area contributed by atoms with E-state index in [0.717, 1.165) is 29.9 Å². The van der Waals surface area contributed by atoms with Crippen molar-refractivity contribution in [1.82, 2.24) is 9.47 Å². The number of hydrogen-bond donors (Lipinski definition) is 1. The quantitative estimate of drug-likeness (QED) is 0.552. The van der Waals surface area contributed by atoms with Crippen molar-refractivity contribution in [2.45, 2.75) is 115 Å². The van der Waals surface area contributed by atoms with E-state index in [4.69, 9.17) is 11.6 Å². The molecule has 0 unspecified atom stereocenters. The van der Waals surface area contributed by atoms with Crippen LogP contribution in [0.4, 0.5) is 0 Å². The van der Waals surface area contributed by atoms with Crippen LogP contribution in [0.3, 0.4) is 0 Å². The van der Waals surface area contributed by atoms with E-state index in [1.165, 1.54) is 93.7 Å². The number of aliphatic hydroxyl groups excluding tert-OH is 1. The summed E-state index contributed by atoms with van der Waals surface area (Å²) in [5.74, 6) is 0. The summed E-state index contributed by atoms with van der Waals surface area (Å²) < 4.78 is 2.39. The fourth-order valence-corrected chi connectivity index (χ4v) is 7.06. The van der Waals surface area contributed by atoms with Crippen molar-refractivity contribution >= 4 is 22.5 Å². The van der Waals surface area contributed by atoms with Crippen molar-refractivity contribution in [3.63, 3.8) is 0 Å². The van der Waals surface area contributed by atoms with Gasteiger partial charge in [0.05, 0.1) is 23.2 Å². The summed E-state index contributed by atoms with van der Waals surface area (Å²) in [5, 5.41) is 13.5. The Labute approximate surface area is 192 Å². The van der Waals surface area contributed by atoms with Crippen LogP contribution < -0.4 is 0 Å². The fraction of sp³-hybridized carbons (Fsp3) is 0.704. The largest absolute Gasteiger partial charge is 0.390 e. The van der Waals surface area contributed by atoms with Gasteiger partial charge in [0.1, 0.15) is 0 Å². The number of rotatable bonds is 6. The highest BCUT2D eigenvalue weighted by molar-refractivity contribution is 6.35. The minimum Gasteiger partial charge on any atom is -0.390 e. The van der Waals surface area contributed by atoms with Gasteiger partial charge < -0.3 is 9.67 Å². The summed E-state index contributed by atoms with van der Waals surface area (Å²) in [7, 11) is 0. The molecule has 1 aromatic carbocycles. The van der Waals surface area contributed by atoms with Gasteiger partial charge in [-0.2, -0.15) is 0 Å². The summed E-state index contributed by atoms with van der Waals surface area (Å²) in [6.07, 6.45) is 17.9. The molecular formula is C27H39ClN2O. The van der Waals surface area contributed by atoms with Crippen LogP contribution >= 0.6 is 11.6 Å². The Morgan fingerprint density at radius 1 is 0.903 bits per heavy atom. The van der Waals surface area contributed by atoms with Crippen molar-refractivity contribution < 1.29 is 5.11 Å². The van der Waals surface area contributed by atoms with Crippen LogP contribution in [0.15, 0.2) is 18.2 Å². The van der Waals surface area contributed by atoms with Crippen molar-refractivity contribution in [2.75, 3.05) is 6.54 Å². The number of aromatic nitrogens is 1. The van der Waals surface area contributed by atoms with Crippen LogP contribution in [-0.4, -0.2) is 39.3 Å². The van der Waals surface area contributed by atoms with E-state index >= 15 is 0 Å². The maximum absolute atomic E-state index is 11.4. The molecule has 2 saturated carbocycles. The Hall–Kier alpha value is -1.03. The van der Waals surface area contributed by atoms with E-state index in [1.54, 1.807) is 0 Å². The molecule has 3 aliphatic carbocycles. The van der Waals surface area contributed by atoms with E-state index in [0.29, 0.717) is 18.6 Å². The molecule has 1 heterocycles. The van der Waals surface area contributed by atoms with Crippen LogP contribution in [0.5, 0.6) is 0 Å². The molecule has 1 aromatic heterocycles. The molecule has 0 saturated heterocycles. The zero-order valence-corrected chi connectivity index (χ0v) is 19.8. The molecule has 0 spiro atoms. The fourth-order valence-electron chi connectivity index (χ4n) is 6.78. The first-order chi connectivity index (χ1) is 15.2. The van der Waals surface area contributed by atoms with Crippen molar-refractivity contribution in [2.24, 2.45) is 0 Å². The number of hydrogen-bond acceptors (Lipinski definition) is 2. The molecule has 2 aromatic rings. The number of aryl methyl sites for hydroxylation is 1. The predicted molar refractivity (Wildman–Crippen MR) is 130 cm³/mol. The molecular weight excluding hydrogens is 404 g/mol. The minimum atomic E-state index is -0.346. The van der Waals surface area contributed by atoms with Gasteiger partial charge in [0.15, 0.2) is 0 Å². The molecule has 4 heteroatoms. The molecule has 2 fully saturated rings. The van der Waals surface area contributed by atoms with Gasteiger partial charge in [-0.1, -0.05) is 62.3 Å². The molecule has 3 aliphatic rings. The average Bonchev–Trinajstić information content (AvgIpc) is 3.13. The zero-order chi connectivity index (χ0) is 21.2. The number of halogens is 1. The molecule has 1 atom stereocenters. The first-order valence-electron chi connectivity index (χ1n) is 12.9. The van der Waals surface area contributed by atoms with Crippen molar-refractivity contribution in [1.29, 1.82) is 0 Å². The Morgan fingerprint density at radius 2 is 1.55 bits per heavy atom. The van der Waals surface area contributed by atoms with Gasteiger partial charge in [-0.25, -0.2) is 0 Å². The lowest BCUT2D eigenvalue weighted by molar-refractivity contribution is 0.0235. The van der Waals surface area contributed by atoms with Gasteiger partial charge in [0.2, 0.25) is 0 Å². The third-order valence-corrected chi connectivity index (χ3v) is 8.55. The number of aliphatic hydroxyl groups is 1. The third kappa shape index (κ3) is 4.56. The lowest BCUT2D eigenvalue weighted by Gasteiger charge is -2.42. The highest BCUT2D eigenvalue weighted by Gasteiger charge is 2.31. The Bertz CT molecular complexity index is 861. The van der Waals surface area contributed by atoms with Gasteiger partial charge in [-0.15, -0.1) is 0 Å². The molecule has 170 valence electrons. The Kier molecular flexibility index (Phi) is 6.93. The second-order valence-electron chi connectivity index (χ2n) is 10.3. The average molecular weight is 443 g/mol. The van der Waals surface area contributed by atoms with E-state index in [2.05, 4.69) is 21.6 Å². The lowest BCUT2D eigenvalue weighted by Crippen LogP contribution is -2.49. The first kappa shape index (κ1) is 21.8. The molecule has 5 rings (SSSR count). The summed E-state index contributed by atoms with van der Waals surface area (Å²) in [6, 6.07) is 7.66. The number of fused-ring (bicyclic) bond motifs is 3. The first-order valence-corrected chi connectivity index (χ1v) is 13.3. The van der Waals surface area contributed by atoms with Crippen LogP contribution in [-0.2, 0) is 19.4 Å². The maximum Gasteiger partial charge on any atom is 0.0846 e. The lowest BCUT2D eigenvalue weighted by atomic mass is 9.88. The van der Waals surface area contributed by atoms with E-state index in [-0.39, 0.29) is 6.10 Å². The third-order valence-electron chi connectivity index (χ3n) is 8.25. The van der Waals surface area contributed by atoms with Crippen molar-refractivity contribution in [3.05, 3.63) is 34.5 Å². The Balaban J connectivity index is 1.39. The van der Waals surface area contributed by atoms with Crippen LogP contribution in [0.1, 0.15) is 88.3 Å². The van der Waals surface area contributed by atoms with Gasteiger partial charge in [-0.3, -0.25) is 4.90 Å². The maximum atomic E-state index is 11.4. The second kappa shape index (κ2) is 9.85. The molecule has 31 heavy (non-hydrogen) atoms. The van der Waals surface area contributed by atoms with Crippen LogP contribution in [0.2, 0.25) is 5.02 Å². The zero-order valence-electron chi connectivity index (χ0n) is 19.0. The van der Waals surface area contributed by atoms with Crippen molar-refractivity contribution in [3.8, 4) is 0 Å². The SMILES string of the molecule is O[C@H](CN(C1CCCCC1)C1CCCCC1)Cn1c2c(c3cccc(Cl)c31)CCCC2. The van der Waals surface area contributed by atoms with Gasteiger partial charge in [0.25, 0.3) is 0 Å². The molecule has 1 N–H and O–H groups in total. The molecule has 3 nitrogen and oxygen atoms in total. The smallest absolute Gasteiger partial charge is 0.0846 e. The van der Waals surface area contributed by atoms with Gasteiger partial charge in [-0.05, 0) is 63.0 Å². The normalized spacial score (nSPS) is 22.2. The standard InChI is InChI=1S/C27H39ClN2O/c28-25-16-9-15-24-23-14-7-8-17-26(23)30(27(24)25)19-22(31)18-29(20-10-3-1-4-11-20)21-12-5-2-6-13-21/h9,15-16,20-22,31H,1-8,10-14,17-19H2/t22-/m1/s1. The summed E-state index contributed by atoms with van der Waals surface area (Å²) in [4.78, 5) is 2.74. The molecule has 0 radical (unpaired) electrons. The van der Waals surface area contributed by atoms with E-state index < -0.39 is 0 Å². The highest BCUT2D eigenvalue weighted by atomic mass is 35.5. The van der Waals surface area contributed by atoms with Crippen LogP contribution in [0.25, 0.3) is 10.9 Å². The topological polar surface area (TPSA) is 28.4 Å². The van der Waals surface area contributed by atoms with E-state index in [9.17, 15) is 5.11 Å². The minimum absolute atomic E-state index is 0.346.